The molecule has 0 spiro atoms. The third-order valence-corrected chi connectivity index (χ3v) is 4.07. The van der Waals surface area contributed by atoms with Crippen molar-refractivity contribution in [1.82, 2.24) is 15.5 Å². The Morgan fingerprint density at radius 1 is 1.32 bits per heavy atom. The second-order valence-electron chi connectivity index (χ2n) is 6.27. The van der Waals surface area contributed by atoms with Gasteiger partial charge in [-0.05, 0) is 24.1 Å². The van der Waals surface area contributed by atoms with Gasteiger partial charge in [-0.3, -0.25) is 4.79 Å². The Bertz CT molecular complexity index is 566. The molecule has 1 unspecified atom stereocenters. The van der Waals surface area contributed by atoms with E-state index in [1.165, 1.54) is 0 Å². The molecule has 0 aromatic heterocycles. The molecular formula is C18H28N4O3. The van der Waals surface area contributed by atoms with Gasteiger partial charge in [0.25, 0.3) is 0 Å². The number of hydrogen-bond acceptors (Lipinski definition) is 4. The van der Waals surface area contributed by atoms with Crippen molar-refractivity contribution in [1.29, 1.82) is 0 Å². The number of benzene rings is 1. The van der Waals surface area contributed by atoms with Crippen molar-refractivity contribution in [2.75, 3.05) is 47.5 Å². The Labute approximate surface area is 149 Å². The van der Waals surface area contributed by atoms with Crippen molar-refractivity contribution in [2.24, 2.45) is 10.9 Å². The summed E-state index contributed by atoms with van der Waals surface area (Å²) < 4.78 is 10.6. The average Bonchev–Trinajstić information content (AvgIpc) is 3.14. The van der Waals surface area contributed by atoms with E-state index in [4.69, 9.17) is 9.47 Å². The van der Waals surface area contributed by atoms with Crippen molar-refractivity contribution in [2.45, 2.75) is 13.0 Å². The molecule has 1 atom stereocenters. The molecule has 25 heavy (non-hydrogen) atoms. The minimum absolute atomic E-state index is 0.00291. The highest BCUT2D eigenvalue weighted by molar-refractivity contribution is 5.86. The Morgan fingerprint density at radius 3 is 2.68 bits per heavy atom. The molecule has 0 radical (unpaired) electrons. The minimum atomic E-state index is 0.00291. The predicted octanol–water partition coefficient (Wildman–Crippen LogP) is 0.855. The summed E-state index contributed by atoms with van der Waals surface area (Å²) >= 11 is 0. The summed E-state index contributed by atoms with van der Waals surface area (Å²) in [6.07, 6.45) is 1.05. The second-order valence-corrected chi connectivity index (χ2v) is 6.27. The fourth-order valence-electron chi connectivity index (χ4n) is 2.38. The molecule has 1 aliphatic heterocycles. The third kappa shape index (κ3) is 6.62. The van der Waals surface area contributed by atoms with E-state index in [1.54, 1.807) is 26.1 Å². The molecule has 1 amide bonds. The largest absolute Gasteiger partial charge is 0.497 e. The summed E-state index contributed by atoms with van der Waals surface area (Å²) in [5.74, 6) is 1.95. The highest BCUT2D eigenvalue weighted by Crippen LogP contribution is 2.12. The molecule has 138 valence electrons. The highest BCUT2D eigenvalue weighted by Gasteiger charge is 2.16. The molecule has 0 bridgehead atoms. The van der Waals surface area contributed by atoms with Gasteiger partial charge in [-0.2, -0.15) is 0 Å². The first kappa shape index (κ1) is 19.1. The van der Waals surface area contributed by atoms with Crippen molar-refractivity contribution < 1.29 is 14.3 Å². The zero-order valence-corrected chi connectivity index (χ0v) is 15.2. The maximum Gasteiger partial charge on any atom is 0.241 e. The molecule has 0 aliphatic carbocycles. The molecule has 1 saturated heterocycles. The van der Waals surface area contributed by atoms with Gasteiger partial charge in [0.1, 0.15) is 5.75 Å². The van der Waals surface area contributed by atoms with Gasteiger partial charge in [-0.25, -0.2) is 4.99 Å². The Hall–Kier alpha value is -2.28. The van der Waals surface area contributed by atoms with Crippen LogP contribution in [0.15, 0.2) is 29.3 Å². The first-order valence-electron chi connectivity index (χ1n) is 8.51. The van der Waals surface area contributed by atoms with Gasteiger partial charge in [0.2, 0.25) is 5.91 Å². The van der Waals surface area contributed by atoms with Gasteiger partial charge in [0.05, 0.1) is 26.8 Å². The summed E-state index contributed by atoms with van der Waals surface area (Å²) in [6.45, 7) is 3.11. The summed E-state index contributed by atoms with van der Waals surface area (Å²) in [6, 6.07) is 7.79. The van der Waals surface area contributed by atoms with E-state index >= 15 is 0 Å². The van der Waals surface area contributed by atoms with Crippen LogP contribution in [0.5, 0.6) is 5.75 Å². The maximum absolute atomic E-state index is 11.8. The lowest BCUT2D eigenvalue weighted by Crippen LogP contribution is -2.44. The monoisotopic (exact) mass is 348 g/mol. The second kappa shape index (κ2) is 9.88. The van der Waals surface area contributed by atoms with Crippen LogP contribution in [0.2, 0.25) is 0 Å². The summed E-state index contributed by atoms with van der Waals surface area (Å²) in [7, 11) is 5.12. The number of nitrogens with one attached hydrogen (secondary N) is 2. The van der Waals surface area contributed by atoms with Crippen LogP contribution in [-0.4, -0.2) is 64.3 Å². The van der Waals surface area contributed by atoms with Crippen molar-refractivity contribution in [3.8, 4) is 5.75 Å². The van der Waals surface area contributed by atoms with Gasteiger partial charge >= 0.3 is 0 Å². The number of carbonyl (C=O) groups excluding carboxylic acids is 1. The molecule has 7 nitrogen and oxygen atoms in total. The number of amides is 1. The molecule has 1 heterocycles. The molecule has 7 heteroatoms. The fourth-order valence-corrected chi connectivity index (χ4v) is 2.38. The van der Waals surface area contributed by atoms with E-state index in [-0.39, 0.29) is 12.5 Å². The van der Waals surface area contributed by atoms with Crippen LogP contribution in [0.3, 0.4) is 0 Å². The van der Waals surface area contributed by atoms with Crippen LogP contribution in [0.4, 0.5) is 0 Å². The third-order valence-electron chi connectivity index (χ3n) is 4.07. The van der Waals surface area contributed by atoms with Crippen LogP contribution >= 0.6 is 0 Å². The van der Waals surface area contributed by atoms with E-state index in [2.05, 4.69) is 15.6 Å². The van der Waals surface area contributed by atoms with Crippen LogP contribution in [0.1, 0.15) is 12.0 Å². The molecule has 1 aliphatic rings. The zero-order chi connectivity index (χ0) is 18.1. The predicted molar refractivity (Wildman–Crippen MR) is 97.8 cm³/mol. The number of methoxy groups -OCH3 is 1. The van der Waals surface area contributed by atoms with E-state index in [9.17, 15) is 4.79 Å². The number of nitrogens with zero attached hydrogens (tertiary/aromatic N) is 2. The van der Waals surface area contributed by atoms with E-state index in [0.29, 0.717) is 18.4 Å². The van der Waals surface area contributed by atoms with Crippen molar-refractivity contribution in [3.63, 3.8) is 0 Å². The standard InChI is InChI=1S/C18H28N4O3/c1-22(2)17(23)12-21-18(20-11-15-8-9-25-13-15)19-10-14-4-6-16(24-3)7-5-14/h4-7,15H,8-13H2,1-3H3,(H2,19,20,21). The number of aliphatic imine (C=N–C) groups is 1. The molecule has 0 saturated carbocycles. The number of hydrogen-bond donors (Lipinski definition) is 2. The lowest BCUT2D eigenvalue weighted by molar-refractivity contribution is -0.127. The minimum Gasteiger partial charge on any atom is -0.497 e. The maximum atomic E-state index is 11.8. The number of carbonyl (C=O) groups is 1. The molecular weight excluding hydrogens is 320 g/mol. The Kier molecular flexibility index (Phi) is 7.53. The first-order valence-corrected chi connectivity index (χ1v) is 8.51. The van der Waals surface area contributed by atoms with Gasteiger partial charge in [-0.1, -0.05) is 12.1 Å². The SMILES string of the molecule is COc1ccc(CN=C(NCC(=O)N(C)C)NCC2CCOC2)cc1. The van der Waals surface area contributed by atoms with E-state index in [1.807, 2.05) is 24.3 Å². The number of rotatable bonds is 7. The fraction of sp³-hybridized carbons (Fsp3) is 0.556. The van der Waals surface area contributed by atoms with Crippen LogP contribution < -0.4 is 15.4 Å². The first-order chi connectivity index (χ1) is 12.1. The van der Waals surface area contributed by atoms with Crippen molar-refractivity contribution in [3.05, 3.63) is 29.8 Å². The molecule has 1 aromatic carbocycles. The number of guanidine groups is 1. The van der Waals surface area contributed by atoms with Gasteiger partial charge in [0.15, 0.2) is 5.96 Å². The molecule has 2 N–H and O–H groups in total. The summed E-state index contributed by atoms with van der Waals surface area (Å²) in [5, 5.41) is 6.41. The van der Waals surface area contributed by atoms with Crippen LogP contribution in [0.25, 0.3) is 0 Å². The van der Waals surface area contributed by atoms with E-state index in [0.717, 1.165) is 37.5 Å². The molecule has 1 aromatic rings. The molecule has 1 fully saturated rings. The Morgan fingerprint density at radius 2 is 2.08 bits per heavy atom. The van der Waals surface area contributed by atoms with Gasteiger partial charge in [-0.15, -0.1) is 0 Å². The smallest absolute Gasteiger partial charge is 0.241 e. The topological polar surface area (TPSA) is 75.2 Å². The van der Waals surface area contributed by atoms with Crippen LogP contribution in [0, 0.1) is 5.92 Å². The quantitative estimate of drug-likeness (QED) is 0.565. The molecule has 2 rings (SSSR count). The summed E-state index contributed by atoms with van der Waals surface area (Å²) in [5.41, 5.74) is 1.07. The number of ether oxygens (including phenoxy) is 2. The Balaban J connectivity index is 1.93. The van der Waals surface area contributed by atoms with Crippen molar-refractivity contribution >= 4 is 11.9 Å². The van der Waals surface area contributed by atoms with Gasteiger partial charge in [0, 0.05) is 33.2 Å². The lowest BCUT2D eigenvalue weighted by Gasteiger charge is -2.16. The highest BCUT2D eigenvalue weighted by atomic mass is 16.5. The lowest BCUT2D eigenvalue weighted by atomic mass is 10.1. The number of likely N-dealkylation sites (N-methyl/N-ethyl adjacent to an activating group) is 1. The van der Waals surface area contributed by atoms with Crippen LogP contribution in [-0.2, 0) is 16.1 Å². The average molecular weight is 348 g/mol. The van der Waals surface area contributed by atoms with E-state index < -0.39 is 0 Å². The van der Waals surface area contributed by atoms with Gasteiger partial charge < -0.3 is 25.0 Å². The zero-order valence-electron chi connectivity index (χ0n) is 15.2. The normalized spacial score (nSPS) is 17.2. The summed E-state index contributed by atoms with van der Waals surface area (Å²) in [4.78, 5) is 17.9.